The lowest BCUT2D eigenvalue weighted by Crippen LogP contribution is -2.42. The van der Waals surface area contributed by atoms with Crippen molar-refractivity contribution < 1.29 is 28.7 Å². The lowest BCUT2D eigenvalue weighted by atomic mass is 9.89. The van der Waals surface area contributed by atoms with Crippen LogP contribution in [0.4, 0.5) is 9.59 Å². The lowest BCUT2D eigenvalue weighted by molar-refractivity contribution is 0.0965. The fourth-order valence-corrected chi connectivity index (χ4v) is 4.63. The Kier molecular flexibility index (Phi) is 6.20. The first kappa shape index (κ1) is 23.5. The first-order valence-electron chi connectivity index (χ1n) is 10.3. The molecule has 3 rings (SSSR count). The molecule has 0 unspecified atom stereocenters. The molecule has 1 aliphatic carbocycles. The van der Waals surface area contributed by atoms with E-state index in [4.69, 9.17) is 26.7 Å². The Bertz CT molecular complexity index is 1040. The van der Waals surface area contributed by atoms with E-state index in [0.717, 1.165) is 6.04 Å². The highest BCUT2D eigenvalue weighted by atomic mass is 28.3. The van der Waals surface area contributed by atoms with Crippen LogP contribution >= 0.6 is 0 Å². The van der Waals surface area contributed by atoms with E-state index in [0.29, 0.717) is 12.3 Å². The second kappa shape index (κ2) is 8.43. The monoisotopic (exact) mass is 463 g/mol. The molecule has 2 amide bonds. The van der Waals surface area contributed by atoms with E-state index in [1.165, 1.54) is 6.92 Å². The van der Waals surface area contributed by atoms with Crippen LogP contribution in [-0.4, -0.2) is 49.0 Å². The fourth-order valence-electron chi connectivity index (χ4n) is 3.91. The molecule has 2 aliphatic rings. The topological polar surface area (TPSA) is 182 Å². The number of hydrogen-bond donors (Lipinski definition) is 4. The van der Waals surface area contributed by atoms with Crippen molar-refractivity contribution in [1.82, 2.24) is 9.88 Å². The van der Waals surface area contributed by atoms with Gasteiger partial charge in [-0.3, -0.25) is 9.59 Å². The summed E-state index contributed by atoms with van der Waals surface area (Å²) < 4.78 is 11.8. The minimum Gasteiger partial charge on any atom is -0.450 e. The number of amides is 2. The van der Waals surface area contributed by atoms with Crippen molar-refractivity contribution in [3.05, 3.63) is 33.8 Å². The van der Waals surface area contributed by atoms with Crippen molar-refractivity contribution in [1.29, 1.82) is 0 Å². The predicted octanol–water partition coefficient (Wildman–Crippen LogP) is 1.14. The van der Waals surface area contributed by atoms with Crippen molar-refractivity contribution in [2.45, 2.75) is 57.8 Å². The van der Waals surface area contributed by atoms with Gasteiger partial charge in [-0.2, -0.15) is 0 Å². The van der Waals surface area contributed by atoms with Crippen LogP contribution in [0.3, 0.4) is 0 Å². The number of carbonyl (C=O) groups is 4. The number of fused-ring (bicyclic) bond motifs is 3. The van der Waals surface area contributed by atoms with E-state index in [9.17, 15) is 19.2 Å². The summed E-state index contributed by atoms with van der Waals surface area (Å²) >= 11 is 0. The number of primary amides is 1. The molecule has 0 saturated carbocycles. The molecule has 0 bridgehead atoms. The van der Waals surface area contributed by atoms with Crippen LogP contribution in [0.25, 0.3) is 0 Å². The van der Waals surface area contributed by atoms with E-state index < -0.39 is 43.9 Å². The number of ketones is 2. The van der Waals surface area contributed by atoms with E-state index in [1.807, 2.05) is 0 Å². The Labute approximate surface area is 186 Å². The Balaban J connectivity index is 1.89. The molecule has 7 N–H and O–H groups in total. The van der Waals surface area contributed by atoms with Gasteiger partial charge in [0.15, 0.2) is 0 Å². The highest BCUT2D eigenvalue weighted by Gasteiger charge is 2.44. The molecule has 0 aromatic carbocycles. The summed E-state index contributed by atoms with van der Waals surface area (Å²) in [5, 5.41) is 2.74. The molecule has 12 heteroatoms. The Morgan fingerprint density at radius 2 is 1.84 bits per heavy atom. The third-order valence-corrected chi connectivity index (χ3v) is 7.42. The quantitative estimate of drug-likeness (QED) is 0.453. The molecule has 1 aliphatic heterocycles. The van der Waals surface area contributed by atoms with Gasteiger partial charge in [0.05, 0.1) is 30.0 Å². The number of aromatic nitrogens is 1. The summed E-state index contributed by atoms with van der Waals surface area (Å²) in [4.78, 5) is 49.3. The second-order valence-electron chi connectivity index (χ2n) is 9.23. The molecule has 11 nitrogen and oxygen atoms in total. The standard InChI is InChI=1S/C20H29N5O6Si/c1-9-13(21)18(27)12-10(8-31-19(23)28)15-14(22)11(7-25(15)16(12)17(9)26)24-20(29)30-5-6-32(2,3)4/h11,14H,5-8,21-22H2,1-4H3,(H2,23,28)(H,24,29)/t11-,14+/m0/s1. The van der Waals surface area contributed by atoms with Gasteiger partial charge < -0.3 is 36.6 Å². The minimum atomic E-state index is -1.36. The van der Waals surface area contributed by atoms with Gasteiger partial charge in [0.25, 0.3) is 0 Å². The van der Waals surface area contributed by atoms with E-state index in [2.05, 4.69) is 25.0 Å². The van der Waals surface area contributed by atoms with Gasteiger partial charge >= 0.3 is 12.2 Å². The van der Waals surface area contributed by atoms with Gasteiger partial charge in [-0.05, 0) is 13.0 Å². The van der Waals surface area contributed by atoms with Crippen molar-refractivity contribution in [2.24, 2.45) is 17.2 Å². The van der Waals surface area contributed by atoms with Gasteiger partial charge in [-0.15, -0.1) is 0 Å². The lowest BCUT2D eigenvalue weighted by Gasteiger charge is -2.21. The van der Waals surface area contributed by atoms with Crippen LogP contribution in [-0.2, 0) is 22.6 Å². The summed E-state index contributed by atoms with van der Waals surface area (Å²) in [6, 6.07) is -0.546. The number of nitrogens with zero attached hydrogens (tertiary/aromatic N) is 1. The van der Waals surface area contributed by atoms with Crippen molar-refractivity contribution in [3.8, 4) is 0 Å². The average molecular weight is 464 g/mol. The number of ether oxygens (including phenoxy) is 2. The summed E-state index contributed by atoms with van der Waals surface area (Å²) in [5.74, 6) is -0.959. The zero-order valence-corrected chi connectivity index (χ0v) is 19.6. The van der Waals surface area contributed by atoms with E-state index in [-0.39, 0.29) is 41.2 Å². The number of nitrogens with one attached hydrogen (secondary N) is 1. The molecule has 0 spiro atoms. The third kappa shape index (κ3) is 4.28. The maximum atomic E-state index is 13.0. The number of nitrogens with two attached hydrogens (primary N) is 3. The average Bonchev–Trinajstić information content (AvgIpc) is 3.16. The summed E-state index contributed by atoms with van der Waals surface area (Å²) in [6.45, 7) is 8.09. The van der Waals surface area contributed by atoms with Crippen molar-refractivity contribution >= 4 is 31.8 Å². The molecular weight excluding hydrogens is 434 g/mol. The molecule has 1 aromatic rings. The van der Waals surface area contributed by atoms with Crippen LogP contribution in [0.2, 0.25) is 25.7 Å². The SMILES string of the molecule is CC1=C(N)C(=O)c2c(COC(N)=O)c3n(c2C1=O)C[C@H](NC(=O)OCC[Si](C)(C)C)[C@H]3N. The maximum Gasteiger partial charge on any atom is 0.407 e. The van der Waals surface area contributed by atoms with Crippen LogP contribution < -0.4 is 22.5 Å². The summed E-state index contributed by atoms with van der Waals surface area (Å²) in [5.41, 5.74) is 18.1. The maximum absolute atomic E-state index is 13.0. The highest BCUT2D eigenvalue weighted by Crippen LogP contribution is 2.39. The van der Waals surface area contributed by atoms with Gasteiger partial charge in [0.2, 0.25) is 11.6 Å². The Morgan fingerprint density at radius 3 is 2.44 bits per heavy atom. The normalized spacial score (nSPS) is 20.2. The molecule has 1 aromatic heterocycles. The minimum absolute atomic E-state index is 0.0564. The number of allylic oxidation sites excluding steroid dienone is 2. The number of alkyl carbamates (subject to hydrolysis) is 1. The molecule has 0 radical (unpaired) electrons. The molecular formula is C20H29N5O6Si. The molecule has 174 valence electrons. The Morgan fingerprint density at radius 1 is 1.19 bits per heavy atom. The van der Waals surface area contributed by atoms with E-state index in [1.54, 1.807) is 4.57 Å². The number of rotatable bonds is 6. The molecule has 32 heavy (non-hydrogen) atoms. The molecule has 2 atom stereocenters. The molecule has 0 saturated heterocycles. The highest BCUT2D eigenvalue weighted by molar-refractivity contribution is 6.76. The first-order chi connectivity index (χ1) is 14.8. The van der Waals surface area contributed by atoms with Gasteiger partial charge in [0, 0.05) is 31.4 Å². The number of hydrogen-bond acceptors (Lipinski definition) is 8. The summed E-state index contributed by atoms with van der Waals surface area (Å²) in [7, 11) is -1.36. The van der Waals surface area contributed by atoms with E-state index >= 15 is 0 Å². The van der Waals surface area contributed by atoms with Crippen LogP contribution in [0.5, 0.6) is 0 Å². The Hall–Kier alpha value is -3.12. The van der Waals surface area contributed by atoms with Gasteiger partial charge in [-0.25, -0.2) is 9.59 Å². The fraction of sp³-hybridized carbons (Fsp3) is 0.500. The largest absolute Gasteiger partial charge is 0.450 e. The third-order valence-electron chi connectivity index (χ3n) is 5.72. The number of carbonyl (C=O) groups excluding carboxylic acids is 4. The van der Waals surface area contributed by atoms with Gasteiger partial charge in [0.1, 0.15) is 12.3 Å². The molecule has 0 fully saturated rings. The number of Topliss-reactive ketones (excluding diaryl/α,β-unsaturated/α-hetero) is 2. The van der Waals surface area contributed by atoms with Crippen molar-refractivity contribution in [2.75, 3.05) is 6.61 Å². The van der Waals surface area contributed by atoms with Crippen molar-refractivity contribution in [3.63, 3.8) is 0 Å². The predicted molar refractivity (Wildman–Crippen MR) is 118 cm³/mol. The smallest absolute Gasteiger partial charge is 0.407 e. The van der Waals surface area contributed by atoms with Gasteiger partial charge in [-0.1, -0.05) is 19.6 Å². The van der Waals surface area contributed by atoms with Crippen LogP contribution in [0.15, 0.2) is 11.3 Å². The zero-order chi connectivity index (χ0) is 24.0. The van der Waals surface area contributed by atoms with Crippen LogP contribution in [0.1, 0.15) is 45.1 Å². The summed E-state index contributed by atoms with van der Waals surface area (Å²) in [6.07, 6.45) is -1.65. The van der Waals surface area contributed by atoms with Crippen LogP contribution in [0, 0.1) is 0 Å². The second-order valence-corrected chi connectivity index (χ2v) is 14.8. The zero-order valence-electron chi connectivity index (χ0n) is 18.6. The molecule has 2 heterocycles. The first-order valence-corrected chi connectivity index (χ1v) is 14.0.